The molecule has 0 spiro atoms. The average Bonchev–Trinajstić information content (AvgIpc) is 3.11. The molecule has 0 saturated carbocycles. The number of fused-ring (bicyclic) bond motifs is 1. The number of halogens is 1. The molecular formula is C22H19FN4O3. The molecule has 1 atom stereocenters. The van der Waals surface area contributed by atoms with Crippen molar-refractivity contribution in [2.45, 2.75) is 13.1 Å². The van der Waals surface area contributed by atoms with Gasteiger partial charge in [0.15, 0.2) is 0 Å². The van der Waals surface area contributed by atoms with Gasteiger partial charge in [0, 0.05) is 23.7 Å². The Bertz CT molecular complexity index is 1150. The van der Waals surface area contributed by atoms with Gasteiger partial charge in [0.05, 0.1) is 17.7 Å². The summed E-state index contributed by atoms with van der Waals surface area (Å²) in [6, 6.07) is 14.3. The van der Waals surface area contributed by atoms with Crippen molar-refractivity contribution in [3.63, 3.8) is 0 Å². The summed E-state index contributed by atoms with van der Waals surface area (Å²) in [6.45, 7) is 1.77. The SMILES string of the molecule is Cc1ccoc1NC(=O)NC1N=C(c2ccccc2F)c2ccccc2N(C)C1=O. The number of benzodiazepines with no additional fused rings is 1. The molecule has 1 aliphatic rings. The second kappa shape index (κ2) is 7.82. The fourth-order valence-electron chi connectivity index (χ4n) is 3.25. The average molecular weight is 406 g/mol. The number of urea groups is 1. The van der Waals surface area contributed by atoms with Crippen LogP contribution in [0.3, 0.4) is 0 Å². The zero-order valence-corrected chi connectivity index (χ0v) is 16.3. The summed E-state index contributed by atoms with van der Waals surface area (Å²) in [7, 11) is 1.59. The smallest absolute Gasteiger partial charge is 0.323 e. The number of nitrogens with one attached hydrogen (secondary N) is 2. The second-order valence-corrected chi connectivity index (χ2v) is 6.81. The predicted molar refractivity (Wildman–Crippen MR) is 111 cm³/mol. The maximum Gasteiger partial charge on any atom is 0.323 e. The van der Waals surface area contributed by atoms with Gasteiger partial charge in [-0.15, -0.1) is 0 Å². The minimum Gasteiger partial charge on any atom is -0.448 e. The van der Waals surface area contributed by atoms with E-state index in [-0.39, 0.29) is 17.2 Å². The van der Waals surface area contributed by atoms with E-state index in [1.807, 2.05) is 0 Å². The molecule has 0 bridgehead atoms. The summed E-state index contributed by atoms with van der Waals surface area (Å²) in [5.41, 5.74) is 2.40. The maximum absolute atomic E-state index is 14.6. The molecule has 30 heavy (non-hydrogen) atoms. The highest BCUT2D eigenvalue weighted by Gasteiger charge is 2.31. The van der Waals surface area contributed by atoms with Crippen LogP contribution in [0.4, 0.5) is 20.8 Å². The zero-order chi connectivity index (χ0) is 21.3. The third-order valence-electron chi connectivity index (χ3n) is 4.83. The van der Waals surface area contributed by atoms with E-state index in [0.717, 1.165) is 5.56 Å². The van der Waals surface area contributed by atoms with Gasteiger partial charge in [-0.2, -0.15) is 0 Å². The first-order valence-electron chi connectivity index (χ1n) is 9.27. The Kier molecular flexibility index (Phi) is 5.05. The highest BCUT2D eigenvalue weighted by Crippen LogP contribution is 2.28. The number of carbonyl (C=O) groups is 2. The molecule has 0 saturated heterocycles. The Morgan fingerprint density at radius 2 is 1.80 bits per heavy atom. The van der Waals surface area contributed by atoms with Crippen LogP contribution in [0.5, 0.6) is 0 Å². The number of hydrogen-bond acceptors (Lipinski definition) is 4. The monoisotopic (exact) mass is 406 g/mol. The lowest BCUT2D eigenvalue weighted by Crippen LogP contribution is -2.47. The zero-order valence-electron chi connectivity index (χ0n) is 16.3. The molecule has 8 heteroatoms. The predicted octanol–water partition coefficient (Wildman–Crippen LogP) is 3.69. The van der Waals surface area contributed by atoms with Crippen LogP contribution in [-0.2, 0) is 4.79 Å². The molecule has 2 N–H and O–H groups in total. The van der Waals surface area contributed by atoms with Gasteiger partial charge < -0.3 is 14.6 Å². The summed E-state index contributed by atoms with van der Waals surface area (Å²) < 4.78 is 19.8. The number of hydrogen-bond donors (Lipinski definition) is 2. The van der Waals surface area contributed by atoms with E-state index >= 15 is 0 Å². The molecule has 2 heterocycles. The van der Waals surface area contributed by atoms with Crippen molar-refractivity contribution in [2.24, 2.45) is 4.99 Å². The molecule has 152 valence electrons. The molecule has 1 aromatic heterocycles. The highest BCUT2D eigenvalue weighted by atomic mass is 19.1. The molecule has 2 aromatic carbocycles. The van der Waals surface area contributed by atoms with Crippen LogP contribution in [0, 0.1) is 12.7 Å². The van der Waals surface area contributed by atoms with Gasteiger partial charge in [0.1, 0.15) is 5.82 Å². The fraction of sp³-hybridized carbons (Fsp3) is 0.136. The third-order valence-corrected chi connectivity index (χ3v) is 4.83. The van der Waals surface area contributed by atoms with Gasteiger partial charge in [0.25, 0.3) is 5.91 Å². The molecular weight excluding hydrogens is 387 g/mol. The number of benzene rings is 2. The largest absolute Gasteiger partial charge is 0.448 e. The Hall–Kier alpha value is -3.94. The van der Waals surface area contributed by atoms with Crippen molar-refractivity contribution in [1.82, 2.24) is 5.32 Å². The van der Waals surface area contributed by atoms with Crippen LogP contribution in [0.2, 0.25) is 0 Å². The Morgan fingerprint density at radius 3 is 2.50 bits per heavy atom. The number of aliphatic imine (C=N–C) groups is 1. The van der Waals surface area contributed by atoms with E-state index in [4.69, 9.17) is 4.42 Å². The van der Waals surface area contributed by atoms with Crippen molar-refractivity contribution in [3.05, 3.63) is 83.4 Å². The first kappa shape index (κ1) is 19.4. The van der Waals surface area contributed by atoms with E-state index < -0.39 is 23.9 Å². The Balaban J connectivity index is 1.74. The molecule has 0 aliphatic carbocycles. The first-order valence-corrected chi connectivity index (χ1v) is 9.27. The number of carbonyl (C=O) groups excluding carboxylic acids is 2. The van der Waals surface area contributed by atoms with Crippen LogP contribution >= 0.6 is 0 Å². The number of rotatable bonds is 3. The van der Waals surface area contributed by atoms with Crippen LogP contribution in [-0.4, -0.2) is 30.9 Å². The minimum absolute atomic E-state index is 0.238. The Morgan fingerprint density at radius 1 is 1.10 bits per heavy atom. The summed E-state index contributed by atoms with van der Waals surface area (Å²) in [6.07, 6.45) is 0.188. The molecule has 3 aromatic rings. The number of likely N-dealkylation sites (N-methyl/N-ethyl adjacent to an activating group) is 1. The van der Waals surface area contributed by atoms with Gasteiger partial charge in [-0.1, -0.05) is 30.3 Å². The first-order chi connectivity index (χ1) is 14.5. The van der Waals surface area contributed by atoms with E-state index in [9.17, 15) is 14.0 Å². The maximum atomic E-state index is 14.6. The Labute approximate surface area is 172 Å². The number of furan rings is 1. The molecule has 4 rings (SSSR count). The minimum atomic E-state index is -1.26. The molecule has 1 unspecified atom stereocenters. The van der Waals surface area contributed by atoms with Crippen LogP contribution < -0.4 is 15.5 Å². The summed E-state index contributed by atoms with van der Waals surface area (Å²) in [5.74, 6) is -0.666. The van der Waals surface area contributed by atoms with Crippen molar-refractivity contribution in [2.75, 3.05) is 17.3 Å². The summed E-state index contributed by atoms with van der Waals surface area (Å²) in [4.78, 5) is 31.4. The molecule has 7 nitrogen and oxygen atoms in total. The van der Waals surface area contributed by atoms with Crippen molar-refractivity contribution >= 4 is 29.2 Å². The molecule has 3 amide bonds. The van der Waals surface area contributed by atoms with Gasteiger partial charge in [-0.25, -0.2) is 14.2 Å². The number of aryl methyl sites for hydroxylation is 1. The van der Waals surface area contributed by atoms with Crippen molar-refractivity contribution in [1.29, 1.82) is 0 Å². The standard InChI is InChI=1S/C22H19FN4O3/c1-13-11-12-30-20(13)26-22(29)25-19-21(28)27(2)17-10-6-4-8-15(17)18(24-19)14-7-3-5-9-16(14)23/h3-12,19H,1-2H3,(H2,25,26,29). The van der Waals surface area contributed by atoms with E-state index in [1.54, 1.807) is 62.5 Å². The van der Waals surface area contributed by atoms with Gasteiger partial charge in [-0.05, 0) is 31.2 Å². The topological polar surface area (TPSA) is 86.9 Å². The number of anilines is 2. The van der Waals surface area contributed by atoms with Crippen LogP contribution in [0.25, 0.3) is 0 Å². The van der Waals surface area contributed by atoms with Crippen molar-refractivity contribution < 1.29 is 18.4 Å². The third kappa shape index (κ3) is 3.55. The van der Waals surface area contributed by atoms with Crippen LogP contribution in [0.15, 0.2) is 70.3 Å². The van der Waals surface area contributed by atoms with Crippen molar-refractivity contribution in [3.8, 4) is 0 Å². The van der Waals surface area contributed by atoms with Crippen LogP contribution in [0.1, 0.15) is 16.7 Å². The van der Waals surface area contributed by atoms with Gasteiger partial charge >= 0.3 is 6.03 Å². The number of para-hydroxylation sites is 1. The normalized spacial score (nSPS) is 15.8. The number of nitrogens with zero attached hydrogens (tertiary/aromatic N) is 2. The molecule has 0 radical (unpaired) electrons. The highest BCUT2D eigenvalue weighted by molar-refractivity contribution is 6.20. The van der Waals surface area contributed by atoms with Gasteiger partial charge in [0.2, 0.25) is 12.0 Å². The summed E-state index contributed by atoms with van der Waals surface area (Å²) >= 11 is 0. The molecule has 0 fully saturated rings. The van der Waals surface area contributed by atoms with Gasteiger partial charge in [-0.3, -0.25) is 10.1 Å². The lowest BCUT2D eigenvalue weighted by atomic mass is 10.00. The lowest BCUT2D eigenvalue weighted by Gasteiger charge is -2.20. The fourth-order valence-corrected chi connectivity index (χ4v) is 3.25. The second-order valence-electron chi connectivity index (χ2n) is 6.81. The molecule has 1 aliphatic heterocycles. The van der Waals surface area contributed by atoms with E-state index in [1.165, 1.54) is 17.2 Å². The van der Waals surface area contributed by atoms with E-state index in [0.29, 0.717) is 11.3 Å². The lowest BCUT2D eigenvalue weighted by molar-refractivity contribution is -0.119. The van der Waals surface area contributed by atoms with E-state index in [2.05, 4.69) is 15.6 Å². The number of amides is 3. The summed E-state index contributed by atoms with van der Waals surface area (Å²) in [5, 5.41) is 5.10. The quantitative estimate of drug-likeness (QED) is 0.696.